The second kappa shape index (κ2) is 6.10. The molecule has 2 heterocycles. The van der Waals surface area contributed by atoms with Crippen LogP contribution in [0.3, 0.4) is 0 Å². The number of imidazole rings is 1. The maximum Gasteiger partial charge on any atom is 0.230 e. The van der Waals surface area contributed by atoms with Crippen LogP contribution in [0.4, 0.5) is 0 Å². The molecule has 1 atom stereocenters. The van der Waals surface area contributed by atoms with Crippen molar-refractivity contribution in [1.82, 2.24) is 15.3 Å². The van der Waals surface area contributed by atoms with Crippen LogP contribution in [0.15, 0.2) is 23.4 Å². The van der Waals surface area contributed by atoms with Crippen molar-refractivity contribution in [1.29, 1.82) is 0 Å². The average Bonchev–Trinajstić information content (AvgIpc) is 2.98. The zero-order valence-corrected chi connectivity index (χ0v) is 13.9. The minimum absolute atomic E-state index is 0.0343. The normalized spacial score (nSPS) is 20.3. The Labute approximate surface area is 136 Å². The number of hydrogen-bond acceptors (Lipinski definition) is 5. The molecule has 0 aliphatic carbocycles. The van der Waals surface area contributed by atoms with Gasteiger partial charge in [0.05, 0.1) is 28.3 Å². The molecule has 6 nitrogen and oxygen atoms in total. The number of halogens is 1. The highest BCUT2D eigenvalue weighted by Gasteiger charge is 2.28. The monoisotopic (exact) mass is 359 g/mol. The number of amides is 1. The van der Waals surface area contributed by atoms with Gasteiger partial charge in [-0.3, -0.25) is 4.79 Å². The Morgan fingerprint density at radius 1 is 1.50 bits per heavy atom. The van der Waals surface area contributed by atoms with Gasteiger partial charge in [0.25, 0.3) is 0 Å². The Kier molecular flexibility index (Phi) is 4.33. The second-order valence-corrected chi connectivity index (χ2v) is 8.79. The topological polar surface area (TPSA) is 91.9 Å². The molecule has 118 valence electrons. The van der Waals surface area contributed by atoms with Crippen LogP contribution >= 0.6 is 23.4 Å². The van der Waals surface area contributed by atoms with E-state index in [4.69, 9.17) is 11.6 Å². The largest absolute Gasteiger partial charge is 0.352 e. The number of nitrogens with zero attached hydrogens (tertiary/aromatic N) is 1. The molecule has 0 saturated carbocycles. The number of rotatable bonds is 4. The van der Waals surface area contributed by atoms with Gasteiger partial charge in [-0.1, -0.05) is 23.4 Å². The number of sulfone groups is 1. The van der Waals surface area contributed by atoms with Crippen molar-refractivity contribution in [2.75, 3.05) is 17.3 Å². The number of thioether (sulfide) groups is 1. The van der Waals surface area contributed by atoms with Crippen molar-refractivity contribution in [3.8, 4) is 0 Å². The number of carbonyl (C=O) groups is 1. The van der Waals surface area contributed by atoms with Gasteiger partial charge < -0.3 is 10.3 Å². The number of fused-ring (bicyclic) bond motifs is 1. The lowest BCUT2D eigenvalue weighted by atomic mass is 10.3. The van der Waals surface area contributed by atoms with Gasteiger partial charge in [0.2, 0.25) is 5.91 Å². The van der Waals surface area contributed by atoms with E-state index in [1.54, 1.807) is 12.1 Å². The standard InChI is InChI=1S/C13H14ClN3O3S2/c14-8-1-2-10-11(5-8)17-13(16-10)21-6-12(18)15-9-3-4-22(19,20)7-9/h1-2,5,9H,3-4,6-7H2,(H,15,18)(H,16,17)/t9-/m1/s1. The van der Waals surface area contributed by atoms with E-state index in [0.29, 0.717) is 16.6 Å². The fourth-order valence-corrected chi connectivity index (χ4v) is 4.88. The van der Waals surface area contributed by atoms with E-state index in [1.807, 2.05) is 6.07 Å². The molecule has 22 heavy (non-hydrogen) atoms. The van der Waals surface area contributed by atoms with E-state index in [9.17, 15) is 13.2 Å². The molecule has 0 unspecified atom stereocenters. The molecule has 1 amide bonds. The molecule has 1 aliphatic heterocycles. The number of hydrogen-bond donors (Lipinski definition) is 2. The summed E-state index contributed by atoms with van der Waals surface area (Å²) >= 11 is 7.18. The first kappa shape index (κ1) is 15.6. The lowest BCUT2D eigenvalue weighted by molar-refractivity contribution is -0.119. The first-order chi connectivity index (χ1) is 10.4. The van der Waals surface area contributed by atoms with Crippen molar-refractivity contribution in [2.24, 2.45) is 0 Å². The van der Waals surface area contributed by atoms with Crippen LogP contribution in [-0.2, 0) is 14.6 Å². The number of nitrogens with one attached hydrogen (secondary N) is 2. The smallest absolute Gasteiger partial charge is 0.230 e. The van der Waals surface area contributed by atoms with Crippen molar-refractivity contribution < 1.29 is 13.2 Å². The highest BCUT2D eigenvalue weighted by Crippen LogP contribution is 2.22. The summed E-state index contributed by atoms with van der Waals surface area (Å²) in [5.41, 5.74) is 1.60. The van der Waals surface area contributed by atoms with Crippen LogP contribution < -0.4 is 5.32 Å². The lowest BCUT2D eigenvalue weighted by Gasteiger charge is -2.09. The Balaban J connectivity index is 1.56. The molecule has 0 spiro atoms. The Bertz CT molecular complexity index is 819. The first-order valence-electron chi connectivity index (χ1n) is 6.69. The third-order valence-corrected chi connectivity index (χ3v) is 6.24. The lowest BCUT2D eigenvalue weighted by Crippen LogP contribution is -2.36. The third-order valence-electron chi connectivity index (χ3n) is 3.36. The van der Waals surface area contributed by atoms with E-state index in [2.05, 4.69) is 15.3 Å². The molecule has 0 bridgehead atoms. The molecule has 2 N–H and O–H groups in total. The summed E-state index contributed by atoms with van der Waals surface area (Å²) in [6.45, 7) is 0. The molecule has 2 aromatic rings. The van der Waals surface area contributed by atoms with Gasteiger partial charge in [-0.05, 0) is 24.6 Å². The second-order valence-electron chi connectivity index (χ2n) is 5.16. The molecule has 1 aliphatic rings. The molecule has 3 rings (SSSR count). The van der Waals surface area contributed by atoms with Crippen LogP contribution in [0.1, 0.15) is 6.42 Å². The quantitative estimate of drug-likeness (QED) is 0.809. The zero-order chi connectivity index (χ0) is 15.7. The van der Waals surface area contributed by atoms with Crippen LogP contribution in [0.2, 0.25) is 5.02 Å². The summed E-state index contributed by atoms with van der Waals surface area (Å²) in [6, 6.07) is 5.07. The molecule has 0 radical (unpaired) electrons. The van der Waals surface area contributed by atoms with Crippen molar-refractivity contribution >= 4 is 50.1 Å². The Hall–Kier alpha value is -1.25. The fraction of sp³-hybridized carbons (Fsp3) is 0.385. The average molecular weight is 360 g/mol. The molecule has 9 heteroatoms. The van der Waals surface area contributed by atoms with Crippen LogP contribution in [0.5, 0.6) is 0 Å². The van der Waals surface area contributed by atoms with E-state index in [0.717, 1.165) is 11.0 Å². The zero-order valence-electron chi connectivity index (χ0n) is 11.5. The van der Waals surface area contributed by atoms with Gasteiger partial charge in [-0.25, -0.2) is 13.4 Å². The summed E-state index contributed by atoms with van der Waals surface area (Å²) < 4.78 is 22.7. The van der Waals surface area contributed by atoms with Crippen molar-refractivity contribution in [2.45, 2.75) is 17.6 Å². The third kappa shape index (κ3) is 3.74. The van der Waals surface area contributed by atoms with Gasteiger partial charge >= 0.3 is 0 Å². The number of carbonyl (C=O) groups excluding carboxylic acids is 1. The summed E-state index contributed by atoms with van der Waals surface area (Å²) in [7, 11) is -2.98. The van der Waals surface area contributed by atoms with Crippen molar-refractivity contribution in [3.05, 3.63) is 23.2 Å². The van der Waals surface area contributed by atoms with E-state index < -0.39 is 9.84 Å². The summed E-state index contributed by atoms with van der Waals surface area (Å²) in [4.78, 5) is 19.3. The number of H-pyrrole nitrogens is 1. The molecule has 1 saturated heterocycles. The number of aromatic nitrogens is 2. The van der Waals surface area contributed by atoms with Crippen molar-refractivity contribution in [3.63, 3.8) is 0 Å². The number of benzene rings is 1. The van der Waals surface area contributed by atoms with Crippen LogP contribution in [-0.4, -0.2) is 47.6 Å². The van der Waals surface area contributed by atoms with E-state index in [1.165, 1.54) is 11.8 Å². The SMILES string of the molecule is O=C(CSc1nc2ccc(Cl)cc2[nH]1)N[C@@H]1CCS(=O)(=O)C1. The van der Waals surface area contributed by atoms with Gasteiger partial charge in [0, 0.05) is 11.1 Å². The van der Waals surface area contributed by atoms with E-state index in [-0.39, 0.29) is 29.2 Å². The maximum absolute atomic E-state index is 11.9. The summed E-state index contributed by atoms with van der Waals surface area (Å²) in [5, 5.41) is 4.00. The molecule has 1 aromatic carbocycles. The minimum atomic E-state index is -2.98. The Morgan fingerprint density at radius 2 is 2.32 bits per heavy atom. The van der Waals surface area contributed by atoms with Crippen LogP contribution in [0, 0.1) is 0 Å². The van der Waals surface area contributed by atoms with Gasteiger partial charge in [-0.15, -0.1) is 0 Å². The number of aromatic amines is 1. The van der Waals surface area contributed by atoms with E-state index >= 15 is 0 Å². The van der Waals surface area contributed by atoms with Crippen LogP contribution in [0.25, 0.3) is 11.0 Å². The highest BCUT2D eigenvalue weighted by molar-refractivity contribution is 7.99. The first-order valence-corrected chi connectivity index (χ1v) is 9.88. The summed E-state index contributed by atoms with van der Waals surface area (Å²) in [5.74, 6) is 0.178. The highest BCUT2D eigenvalue weighted by atomic mass is 35.5. The van der Waals surface area contributed by atoms with Gasteiger partial charge in [0.15, 0.2) is 15.0 Å². The molecular weight excluding hydrogens is 346 g/mol. The predicted molar refractivity (Wildman–Crippen MR) is 87.0 cm³/mol. The summed E-state index contributed by atoms with van der Waals surface area (Å²) in [6.07, 6.45) is 0.488. The molecular formula is C13H14ClN3O3S2. The fourth-order valence-electron chi connectivity index (χ4n) is 2.34. The molecule has 1 fully saturated rings. The Morgan fingerprint density at radius 3 is 3.05 bits per heavy atom. The predicted octanol–water partition coefficient (Wildman–Crippen LogP) is 1.61. The van der Waals surface area contributed by atoms with Gasteiger partial charge in [0.1, 0.15) is 0 Å². The maximum atomic E-state index is 11.9. The van der Waals surface area contributed by atoms with Gasteiger partial charge in [-0.2, -0.15) is 0 Å². The minimum Gasteiger partial charge on any atom is -0.352 e. The molecule has 1 aromatic heterocycles.